The van der Waals surface area contributed by atoms with Crippen LogP contribution in [-0.4, -0.2) is 4.98 Å². The largest absolute Gasteiger partial charge is 0.325 e. The maximum atomic E-state index is 5.42. The maximum absolute atomic E-state index is 5.42. The Hall–Kier alpha value is -0.160. The number of hydrogen-bond acceptors (Lipinski definition) is 2. The van der Waals surface area contributed by atoms with Crippen LogP contribution < -0.4 is 5.73 Å². The van der Waals surface area contributed by atoms with Gasteiger partial charge in [0.2, 0.25) is 0 Å². The van der Waals surface area contributed by atoms with Crippen LogP contribution in [0.1, 0.15) is 11.4 Å². The van der Waals surface area contributed by atoms with Crippen LogP contribution in [0.25, 0.3) is 0 Å². The lowest BCUT2D eigenvalue weighted by molar-refractivity contribution is 0.965. The van der Waals surface area contributed by atoms with Gasteiger partial charge in [-0.15, -0.1) is 0 Å². The lowest BCUT2D eigenvalue weighted by Gasteiger charge is -1.98. The van der Waals surface area contributed by atoms with Crippen molar-refractivity contribution >= 4 is 22.6 Å². The van der Waals surface area contributed by atoms with Crippen LogP contribution in [0, 0.1) is 10.5 Å². The molecule has 0 atom stereocenters. The minimum absolute atomic E-state index is 0.525. The van der Waals surface area contributed by atoms with E-state index >= 15 is 0 Å². The van der Waals surface area contributed by atoms with Crippen molar-refractivity contribution < 1.29 is 0 Å². The van der Waals surface area contributed by atoms with Crippen LogP contribution in [0.3, 0.4) is 0 Å². The molecule has 0 saturated heterocycles. The molecule has 0 aliphatic carbocycles. The number of pyridine rings is 1. The van der Waals surface area contributed by atoms with Gasteiger partial charge in [0.15, 0.2) is 0 Å². The third-order valence-corrected chi connectivity index (χ3v) is 1.80. The molecule has 1 rings (SSSR count). The van der Waals surface area contributed by atoms with E-state index in [1.165, 1.54) is 3.57 Å². The highest BCUT2D eigenvalue weighted by molar-refractivity contribution is 14.1. The Bertz CT molecular complexity index is 215. The molecule has 1 aromatic heterocycles. The van der Waals surface area contributed by atoms with Gasteiger partial charge in [0.05, 0.1) is 5.69 Å². The zero-order chi connectivity index (χ0) is 7.56. The smallest absolute Gasteiger partial charge is 0.0553 e. The number of halogens is 1. The summed E-state index contributed by atoms with van der Waals surface area (Å²) in [6, 6.07) is 4.02. The van der Waals surface area contributed by atoms with E-state index in [9.17, 15) is 0 Å². The number of hydrogen-bond donors (Lipinski definition) is 1. The summed E-state index contributed by atoms with van der Waals surface area (Å²) in [5.41, 5.74) is 7.42. The normalized spacial score (nSPS) is 9.90. The van der Waals surface area contributed by atoms with Crippen LogP contribution in [-0.2, 0) is 6.54 Å². The molecule has 0 fully saturated rings. The van der Waals surface area contributed by atoms with Gasteiger partial charge in [-0.1, -0.05) is 0 Å². The molecule has 0 saturated carbocycles. The second-order valence-corrected chi connectivity index (χ2v) is 3.37. The van der Waals surface area contributed by atoms with Crippen LogP contribution in [0.15, 0.2) is 12.1 Å². The second-order valence-electron chi connectivity index (χ2n) is 2.12. The average Bonchev–Trinajstić information content (AvgIpc) is 1.85. The topological polar surface area (TPSA) is 38.9 Å². The van der Waals surface area contributed by atoms with E-state index in [1.807, 2.05) is 19.1 Å². The summed E-state index contributed by atoms with van der Waals surface area (Å²) in [6.45, 7) is 2.50. The van der Waals surface area contributed by atoms with Crippen molar-refractivity contribution in [1.82, 2.24) is 4.98 Å². The molecule has 1 aromatic rings. The Balaban J connectivity index is 3.06. The Morgan fingerprint density at radius 1 is 1.60 bits per heavy atom. The van der Waals surface area contributed by atoms with Gasteiger partial charge in [0.25, 0.3) is 0 Å². The minimum atomic E-state index is 0.525. The first-order valence-corrected chi connectivity index (χ1v) is 4.13. The van der Waals surface area contributed by atoms with E-state index in [4.69, 9.17) is 5.73 Å². The van der Waals surface area contributed by atoms with Crippen molar-refractivity contribution in [3.63, 3.8) is 0 Å². The molecule has 3 heteroatoms. The Labute approximate surface area is 74.0 Å². The van der Waals surface area contributed by atoms with Gasteiger partial charge in [-0.05, 0) is 41.6 Å². The van der Waals surface area contributed by atoms with Crippen molar-refractivity contribution in [3.8, 4) is 0 Å². The van der Waals surface area contributed by atoms with Gasteiger partial charge in [-0.2, -0.15) is 0 Å². The highest BCUT2D eigenvalue weighted by atomic mass is 127. The number of aromatic nitrogens is 1. The van der Waals surface area contributed by atoms with Crippen molar-refractivity contribution in [2.24, 2.45) is 5.73 Å². The van der Waals surface area contributed by atoms with Gasteiger partial charge < -0.3 is 5.73 Å². The van der Waals surface area contributed by atoms with E-state index < -0.39 is 0 Å². The predicted molar refractivity (Wildman–Crippen MR) is 49.6 cm³/mol. The summed E-state index contributed by atoms with van der Waals surface area (Å²) in [4.78, 5) is 4.22. The van der Waals surface area contributed by atoms with E-state index in [1.54, 1.807) is 0 Å². The van der Waals surface area contributed by atoms with Crippen molar-refractivity contribution in [2.45, 2.75) is 13.5 Å². The first-order chi connectivity index (χ1) is 4.72. The molecule has 0 bridgehead atoms. The fraction of sp³-hybridized carbons (Fsp3) is 0.286. The number of nitrogens with two attached hydrogens (primary N) is 1. The Morgan fingerprint density at radius 3 is 2.80 bits per heavy atom. The van der Waals surface area contributed by atoms with Gasteiger partial charge in [-0.25, -0.2) is 0 Å². The van der Waals surface area contributed by atoms with Crippen LogP contribution in [0.4, 0.5) is 0 Å². The fourth-order valence-electron chi connectivity index (χ4n) is 0.796. The quantitative estimate of drug-likeness (QED) is 0.764. The molecule has 0 aliphatic heterocycles. The van der Waals surface area contributed by atoms with Crippen LogP contribution in [0.2, 0.25) is 0 Å². The molecular formula is C7H9IN2. The molecule has 10 heavy (non-hydrogen) atoms. The summed E-state index contributed by atoms with van der Waals surface area (Å²) < 4.78 is 1.20. The Morgan fingerprint density at radius 2 is 2.30 bits per heavy atom. The highest BCUT2D eigenvalue weighted by Gasteiger charge is 1.94. The van der Waals surface area contributed by atoms with Crippen molar-refractivity contribution in [3.05, 3.63) is 27.1 Å². The number of rotatable bonds is 1. The molecule has 2 N–H and O–H groups in total. The molecule has 0 unspecified atom stereocenters. The average molecular weight is 248 g/mol. The number of nitrogens with zero attached hydrogens (tertiary/aromatic N) is 1. The van der Waals surface area contributed by atoms with E-state index in [-0.39, 0.29) is 0 Å². The molecule has 0 aliphatic rings. The van der Waals surface area contributed by atoms with Gasteiger partial charge in [-0.3, -0.25) is 4.98 Å². The SMILES string of the molecule is Cc1cc(I)cc(CN)n1. The third-order valence-electron chi connectivity index (χ3n) is 1.18. The third kappa shape index (κ3) is 1.91. The van der Waals surface area contributed by atoms with E-state index in [0.29, 0.717) is 6.54 Å². The summed E-state index contributed by atoms with van der Waals surface area (Å²) in [6.07, 6.45) is 0. The molecule has 1 heterocycles. The number of aryl methyl sites for hydroxylation is 1. The molecule has 2 nitrogen and oxygen atoms in total. The fourth-order valence-corrected chi connectivity index (χ4v) is 1.61. The van der Waals surface area contributed by atoms with E-state index in [0.717, 1.165) is 11.4 Å². The van der Waals surface area contributed by atoms with Gasteiger partial charge in [0.1, 0.15) is 0 Å². The lowest BCUT2D eigenvalue weighted by Crippen LogP contribution is -2.00. The zero-order valence-corrected chi connectivity index (χ0v) is 7.92. The van der Waals surface area contributed by atoms with Gasteiger partial charge in [0, 0.05) is 15.8 Å². The maximum Gasteiger partial charge on any atom is 0.0553 e. The minimum Gasteiger partial charge on any atom is -0.325 e. The summed E-state index contributed by atoms with van der Waals surface area (Å²) in [5.74, 6) is 0. The summed E-state index contributed by atoms with van der Waals surface area (Å²) >= 11 is 2.26. The first kappa shape index (κ1) is 7.94. The standard InChI is InChI=1S/C7H9IN2/c1-5-2-6(8)3-7(4-9)10-5/h2-3H,4,9H2,1H3. The second kappa shape index (κ2) is 3.30. The molecule has 54 valence electrons. The first-order valence-electron chi connectivity index (χ1n) is 3.05. The van der Waals surface area contributed by atoms with E-state index in [2.05, 4.69) is 27.6 Å². The predicted octanol–water partition coefficient (Wildman–Crippen LogP) is 1.45. The van der Waals surface area contributed by atoms with Crippen molar-refractivity contribution in [1.29, 1.82) is 0 Å². The molecule has 0 spiro atoms. The van der Waals surface area contributed by atoms with Gasteiger partial charge >= 0.3 is 0 Å². The molecule has 0 radical (unpaired) electrons. The zero-order valence-electron chi connectivity index (χ0n) is 5.76. The van der Waals surface area contributed by atoms with Crippen LogP contribution in [0.5, 0.6) is 0 Å². The summed E-state index contributed by atoms with van der Waals surface area (Å²) in [5, 5.41) is 0. The molecule has 0 aromatic carbocycles. The molecular weight excluding hydrogens is 239 g/mol. The monoisotopic (exact) mass is 248 g/mol. The van der Waals surface area contributed by atoms with Crippen LogP contribution >= 0.6 is 22.6 Å². The lowest BCUT2D eigenvalue weighted by atomic mass is 10.3. The highest BCUT2D eigenvalue weighted by Crippen LogP contribution is 2.07. The molecule has 0 amide bonds. The Kier molecular flexibility index (Phi) is 2.62. The summed E-state index contributed by atoms with van der Waals surface area (Å²) in [7, 11) is 0. The van der Waals surface area contributed by atoms with Crippen molar-refractivity contribution in [2.75, 3.05) is 0 Å².